The summed E-state index contributed by atoms with van der Waals surface area (Å²) in [7, 11) is 0. The number of furan rings is 2. The maximum atomic E-state index is 7.38. The Kier molecular flexibility index (Phi) is 15.5. The minimum absolute atomic E-state index is 0.838. The molecule has 0 N–H and O–H groups in total. The molecule has 23 rings (SSSR count). The van der Waals surface area contributed by atoms with Crippen LogP contribution >= 0.6 is 0 Å². The van der Waals surface area contributed by atoms with Gasteiger partial charge in [0.15, 0.2) is 0 Å². The molecule has 4 aromatic heterocycles. The summed E-state index contributed by atoms with van der Waals surface area (Å²) in [6, 6.07) is 154. The Bertz CT molecular complexity index is 7740. The van der Waals surface area contributed by atoms with E-state index < -0.39 is 0 Å². The van der Waals surface area contributed by atoms with Crippen LogP contribution in [0.3, 0.4) is 0 Å². The number of anilines is 6. The molecule has 116 heavy (non-hydrogen) atoms. The van der Waals surface area contributed by atoms with Crippen molar-refractivity contribution in [2.45, 2.75) is 0 Å². The Morgan fingerprint density at radius 3 is 1.02 bits per heavy atom. The van der Waals surface area contributed by atoms with Crippen molar-refractivity contribution in [2.75, 3.05) is 9.80 Å². The largest absolute Gasteiger partial charge is 0.455 e. The number of aromatic nitrogens is 2. The van der Waals surface area contributed by atoms with Gasteiger partial charge in [0, 0.05) is 105 Å². The number of nitrogens with zero attached hydrogens (tertiary/aromatic N) is 4. The molecule has 23 aromatic rings. The molecular formula is C110H70N4O2. The first-order valence-corrected chi connectivity index (χ1v) is 39.7. The van der Waals surface area contributed by atoms with Crippen LogP contribution in [0.4, 0.5) is 34.1 Å². The van der Waals surface area contributed by atoms with E-state index in [1.807, 2.05) is 6.07 Å². The van der Waals surface area contributed by atoms with Gasteiger partial charge in [-0.3, -0.25) is 0 Å². The smallest absolute Gasteiger partial charge is 0.143 e. The predicted molar refractivity (Wildman–Crippen MR) is 487 cm³/mol. The third-order valence-electron chi connectivity index (χ3n) is 23.7. The molecule has 0 amide bonds. The van der Waals surface area contributed by atoms with Gasteiger partial charge in [-0.15, -0.1) is 0 Å². The molecule has 0 fully saturated rings. The summed E-state index contributed by atoms with van der Waals surface area (Å²) in [5, 5.41) is 14.0. The van der Waals surface area contributed by atoms with E-state index >= 15 is 0 Å². The highest BCUT2D eigenvalue weighted by atomic mass is 16.3. The van der Waals surface area contributed by atoms with Crippen LogP contribution in [0.2, 0.25) is 0 Å². The molecular weight excluding hydrogens is 1410 g/mol. The lowest BCUT2D eigenvalue weighted by Gasteiger charge is -2.28. The molecule has 0 saturated heterocycles. The molecule has 0 radical (unpaired) electrons. The van der Waals surface area contributed by atoms with Crippen molar-refractivity contribution in [3.05, 3.63) is 425 Å². The third-order valence-corrected chi connectivity index (χ3v) is 23.7. The SMILES string of the molecule is c1cc(N(c2ccc(-c3ccc(-c4ccc5ccc(-c6cccc7c6oc6c(-c8ccccc8N(c8ccc(-c9ccc%10ccccc%10c9)cc8)c8cccc(-n9c%10ccccc%10c%10ccccc%109)c8)cccc67)cc5c4)cc3)cc2)c2ccccc2-c2cccc3c2oc2ccccc23)cc(-n2c3ccccc3c3ccccc32)c1. The van der Waals surface area contributed by atoms with Gasteiger partial charge in [0.2, 0.25) is 0 Å². The Morgan fingerprint density at radius 2 is 0.509 bits per heavy atom. The molecule has 6 heteroatoms. The summed E-state index contributed by atoms with van der Waals surface area (Å²) in [5.41, 5.74) is 29.6. The molecule has 542 valence electrons. The molecule has 0 aliphatic heterocycles. The van der Waals surface area contributed by atoms with Gasteiger partial charge in [-0.05, 0) is 182 Å². The van der Waals surface area contributed by atoms with Crippen molar-refractivity contribution in [3.63, 3.8) is 0 Å². The average Bonchev–Trinajstić information content (AvgIpc) is 1.27. The van der Waals surface area contributed by atoms with Gasteiger partial charge in [0.05, 0.1) is 33.4 Å². The summed E-state index contributed by atoms with van der Waals surface area (Å²) < 4.78 is 18.9. The van der Waals surface area contributed by atoms with E-state index in [9.17, 15) is 0 Å². The Hall–Kier alpha value is -15.5. The van der Waals surface area contributed by atoms with E-state index in [2.05, 4.69) is 438 Å². The number of hydrogen-bond donors (Lipinski definition) is 0. The van der Waals surface area contributed by atoms with Crippen molar-refractivity contribution in [1.29, 1.82) is 0 Å². The van der Waals surface area contributed by atoms with E-state index in [1.165, 1.54) is 43.3 Å². The number of hydrogen-bond acceptors (Lipinski definition) is 4. The first-order valence-electron chi connectivity index (χ1n) is 39.7. The summed E-state index contributed by atoms with van der Waals surface area (Å²) in [4.78, 5) is 4.81. The fraction of sp³-hybridized carbons (Fsp3) is 0. The summed E-state index contributed by atoms with van der Waals surface area (Å²) in [5.74, 6) is 0. The normalized spacial score (nSPS) is 11.8. The standard InChI is InChI=1S/C110H70N4O2/c1-2-23-77-66-78(55-52-71(77)22-1)75-60-64-83(65-61-75)112(85-25-18-27-87(70-85)114-105-45-14-5-30-91(105)92-31-6-15-46-106(92)114)102-42-11-8-33-94(102)97-37-21-40-100-99-39-19-35-88(108(99)116-110(97)100)80-57-54-76-53-56-79(67-81(76)68-80)74-50-48-72(49-51-74)73-58-62-82(63-59-73)111(84-24-17-26-86(69-84)113-103-43-12-3-28-89(103)90-29-4-13-44-104(90)113)101-41-10-7-32-93(101)96-36-20-38-98-95-34-9-16-47-107(95)115-109(96)98/h1-70H. The predicted octanol–water partition coefficient (Wildman–Crippen LogP) is 30.9. The lowest BCUT2D eigenvalue weighted by atomic mass is 9.95. The minimum atomic E-state index is 0.838. The van der Waals surface area contributed by atoms with Crippen molar-refractivity contribution < 1.29 is 8.83 Å². The van der Waals surface area contributed by atoms with Gasteiger partial charge in [-0.1, -0.05) is 303 Å². The first-order chi connectivity index (χ1) is 57.5. The molecule has 0 atom stereocenters. The maximum Gasteiger partial charge on any atom is 0.143 e. The van der Waals surface area contributed by atoms with Crippen molar-refractivity contribution in [3.8, 4) is 78.1 Å². The molecule has 0 aliphatic rings. The molecule has 6 nitrogen and oxygen atoms in total. The lowest BCUT2D eigenvalue weighted by Crippen LogP contribution is -2.12. The molecule has 4 heterocycles. The lowest BCUT2D eigenvalue weighted by molar-refractivity contribution is 0.670. The number of benzene rings is 19. The van der Waals surface area contributed by atoms with E-state index in [0.717, 1.165) is 178 Å². The summed E-state index contributed by atoms with van der Waals surface area (Å²) in [6.07, 6.45) is 0. The quantitative estimate of drug-likeness (QED) is 0.109. The van der Waals surface area contributed by atoms with Crippen LogP contribution in [0.1, 0.15) is 0 Å². The fourth-order valence-corrected chi connectivity index (χ4v) is 18.2. The Morgan fingerprint density at radius 1 is 0.181 bits per heavy atom. The highest BCUT2D eigenvalue weighted by Gasteiger charge is 2.26. The number of para-hydroxylation sites is 10. The molecule has 0 saturated carbocycles. The van der Waals surface area contributed by atoms with Crippen LogP contribution in [0.25, 0.3) is 187 Å². The van der Waals surface area contributed by atoms with Crippen LogP contribution in [0.5, 0.6) is 0 Å². The highest BCUT2D eigenvalue weighted by Crippen LogP contribution is 2.50. The zero-order valence-corrected chi connectivity index (χ0v) is 63.0. The highest BCUT2D eigenvalue weighted by molar-refractivity contribution is 6.16. The first kappa shape index (κ1) is 66.3. The zero-order valence-electron chi connectivity index (χ0n) is 63.0. The van der Waals surface area contributed by atoms with Crippen molar-refractivity contribution in [1.82, 2.24) is 9.13 Å². The number of fused-ring (bicyclic) bond motifs is 14. The van der Waals surface area contributed by atoms with Crippen LogP contribution in [0.15, 0.2) is 433 Å². The topological polar surface area (TPSA) is 42.6 Å². The van der Waals surface area contributed by atoms with Gasteiger partial charge in [-0.25, -0.2) is 0 Å². The third kappa shape index (κ3) is 11.0. The van der Waals surface area contributed by atoms with E-state index in [0.29, 0.717) is 0 Å². The van der Waals surface area contributed by atoms with Gasteiger partial charge < -0.3 is 27.8 Å². The van der Waals surface area contributed by atoms with Crippen LogP contribution in [-0.2, 0) is 0 Å². The Balaban J connectivity index is 0.579. The maximum absolute atomic E-state index is 7.38. The molecule has 0 bridgehead atoms. The van der Waals surface area contributed by atoms with E-state index in [-0.39, 0.29) is 0 Å². The van der Waals surface area contributed by atoms with Gasteiger partial charge in [0.25, 0.3) is 0 Å². The minimum Gasteiger partial charge on any atom is -0.455 e. The summed E-state index contributed by atoms with van der Waals surface area (Å²) >= 11 is 0. The Labute approximate surface area is 669 Å². The fourth-order valence-electron chi connectivity index (χ4n) is 18.2. The second kappa shape index (κ2) is 27.2. The summed E-state index contributed by atoms with van der Waals surface area (Å²) in [6.45, 7) is 0. The van der Waals surface area contributed by atoms with Gasteiger partial charge >= 0.3 is 0 Å². The van der Waals surface area contributed by atoms with Gasteiger partial charge in [-0.2, -0.15) is 0 Å². The van der Waals surface area contributed by atoms with E-state index in [4.69, 9.17) is 8.83 Å². The van der Waals surface area contributed by atoms with Crippen LogP contribution in [0, 0.1) is 0 Å². The molecule has 0 aliphatic carbocycles. The van der Waals surface area contributed by atoms with Crippen LogP contribution in [-0.4, -0.2) is 9.13 Å². The monoisotopic (exact) mass is 1480 g/mol. The molecule has 19 aromatic carbocycles. The van der Waals surface area contributed by atoms with Crippen molar-refractivity contribution in [2.24, 2.45) is 0 Å². The second-order valence-electron chi connectivity index (χ2n) is 30.2. The van der Waals surface area contributed by atoms with Crippen molar-refractivity contribution >= 4 is 143 Å². The van der Waals surface area contributed by atoms with E-state index in [1.54, 1.807) is 0 Å². The zero-order chi connectivity index (χ0) is 76.3. The molecule has 0 spiro atoms. The van der Waals surface area contributed by atoms with Gasteiger partial charge in [0.1, 0.15) is 22.3 Å². The molecule has 0 unspecified atom stereocenters. The number of rotatable bonds is 14. The second-order valence-corrected chi connectivity index (χ2v) is 30.2. The van der Waals surface area contributed by atoms with Crippen LogP contribution < -0.4 is 9.80 Å². The average molecular weight is 1480 g/mol.